The third-order valence-corrected chi connectivity index (χ3v) is 5.05. The largest absolute Gasteiger partial charge is 0.361 e. The molecule has 1 aromatic heterocycles. The molecule has 1 aliphatic carbocycles. The molecule has 122 valence electrons. The van der Waals surface area contributed by atoms with Gasteiger partial charge in [-0.1, -0.05) is 42.5 Å². The number of nitrogens with one attached hydrogen (secondary N) is 2. The third kappa shape index (κ3) is 2.82. The van der Waals surface area contributed by atoms with Crippen LogP contribution in [0.1, 0.15) is 35.4 Å². The zero-order valence-electron chi connectivity index (χ0n) is 13.7. The Kier molecular flexibility index (Phi) is 4.08. The number of aryl methyl sites for hydroxylation is 1. The van der Waals surface area contributed by atoms with Crippen LogP contribution in [-0.4, -0.2) is 17.4 Å². The molecule has 0 spiro atoms. The summed E-state index contributed by atoms with van der Waals surface area (Å²) in [4.78, 5) is 15.9. The Morgan fingerprint density at radius 3 is 2.92 bits per heavy atom. The highest BCUT2D eigenvalue weighted by Crippen LogP contribution is 2.31. The van der Waals surface area contributed by atoms with E-state index in [0.29, 0.717) is 6.54 Å². The minimum absolute atomic E-state index is 0.0120. The Balaban J connectivity index is 1.41. The molecule has 0 bridgehead atoms. The first-order valence-corrected chi connectivity index (χ1v) is 8.73. The van der Waals surface area contributed by atoms with Gasteiger partial charge in [0.1, 0.15) is 0 Å². The SMILES string of the molecule is O=C(NCCc1c[nH]c2ccccc12)[C@@H]1CCCc2ccccc21. The van der Waals surface area contributed by atoms with E-state index in [9.17, 15) is 4.79 Å². The molecule has 1 aliphatic rings. The molecule has 2 aromatic carbocycles. The van der Waals surface area contributed by atoms with Crippen LogP contribution in [0.3, 0.4) is 0 Å². The molecule has 0 saturated heterocycles. The van der Waals surface area contributed by atoms with Crippen molar-refractivity contribution in [1.29, 1.82) is 0 Å². The topological polar surface area (TPSA) is 44.9 Å². The van der Waals surface area contributed by atoms with Crippen molar-refractivity contribution in [2.75, 3.05) is 6.54 Å². The second-order valence-corrected chi connectivity index (χ2v) is 6.54. The highest BCUT2D eigenvalue weighted by atomic mass is 16.1. The maximum Gasteiger partial charge on any atom is 0.227 e. The van der Waals surface area contributed by atoms with Crippen LogP contribution in [0.4, 0.5) is 0 Å². The zero-order valence-corrected chi connectivity index (χ0v) is 13.7. The smallest absolute Gasteiger partial charge is 0.227 e. The molecular weight excluding hydrogens is 296 g/mol. The van der Waals surface area contributed by atoms with E-state index in [1.165, 1.54) is 22.1 Å². The molecule has 0 aliphatic heterocycles. The molecule has 24 heavy (non-hydrogen) atoms. The van der Waals surface area contributed by atoms with Gasteiger partial charge in [0.15, 0.2) is 0 Å². The summed E-state index contributed by atoms with van der Waals surface area (Å²) in [6, 6.07) is 16.7. The average molecular weight is 318 g/mol. The van der Waals surface area contributed by atoms with Crippen molar-refractivity contribution in [2.45, 2.75) is 31.6 Å². The lowest BCUT2D eigenvalue weighted by Crippen LogP contribution is -2.32. The van der Waals surface area contributed by atoms with E-state index in [1.807, 2.05) is 18.3 Å². The van der Waals surface area contributed by atoms with Gasteiger partial charge < -0.3 is 10.3 Å². The second-order valence-electron chi connectivity index (χ2n) is 6.54. The number of carbonyl (C=O) groups is 1. The number of carbonyl (C=O) groups excluding carboxylic acids is 1. The average Bonchev–Trinajstić information content (AvgIpc) is 3.04. The fraction of sp³-hybridized carbons (Fsp3) is 0.286. The fourth-order valence-electron chi connectivity index (χ4n) is 3.81. The first-order valence-electron chi connectivity index (χ1n) is 8.73. The molecule has 3 nitrogen and oxygen atoms in total. The van der Waals surface area contributed by atoms with Gasteiger partial charge in [-0.2, -0.15) is 0 Å². The normalized spacial score (nSPS) is 16.8. The predicted molar refractivity (Wildman–Crippen MR) is 97.1 cm³/mol. The number of hydrogen-bond donors (Lipinski definition) is 2. The summed E-state index contributed by atoms with van der Waals surface area (Å²) in [6.07, 6.45) is 6.04. The number of aromatic amines is 1. The van der Waals surface area contributed by atoms with Crippen molar-refractivity contribution in [3.8, 4) is 0 Å². The zero-order chi connectivity index (χ0) is 16.4. The van der Waals surface area contributed by atoms with Crippen molar-refractivity contribution in [3.05, 3.63) is 71.4 Å². The number of fused-ring (bicyclic) bond motifs is 2. The highest BCUT2D eigenvalue weighted by Gasteiger charge is 2.25. The predicted octanol–water partition coefficient (Wildman–Crippen LogP) is 3.95. The number of rotatable bonds is 4. The Hall–Kier alpha value is -2.55. The van der Waals surface area contributed by atoms with Gasteiger partial charge in [-0.3, -0.25) is 4.79 Å². The minimum atomic E-state index is 0.0120. The summed E-state index contributed by atoms with van der Waals surface area (Å²) in [5.74, 6) is 0.180. The van der Waals surface area contributed by atoms with Crippen LogP contribution in [0.15, 0.2) is 54.7 Å². The Labute approximate surface area is 142 Å². The van der Waals surface area contributed by atoms with E-state index in [1.54, 1.807) is 0 Å². The van der Waals surface area contributed by atoms with Crippen LogP contribution in [0.2, 0.25) is 0 Å². The van der Waals surface area contributed by atoms with E-state index in [0.717, 1.165) is 31.2 Å². The molecule has 2 N–H and O–H groups in total. The Morgan fingerprint density at radius 1 is 1.12 bits per heavy atom. The van der Waals surface area contributed by atoms with Gasteiger partial charge in [-0.15, -0.1) is 0 Å². The molecule has 1 heterocycles. The van der Waals surface area contributed by atoms with Crippen LogP contribution in [0, 0.1) is 0 Å². The molecule has 0 saturated carbocycles. The summed E-state index contributed by atoms with van der Waals surface area (Å²) in [7, 11) is 0. The van der Waals surface area contributed by atoms with E-state index in [-0.39, 0.29) is 11.8 Å². The van der Waals surface area contributed by atoms with Gasteiger partial charge in [0.05, 0.1) is 5.92 Å². The van der Waals surface area contributed by atoms with Crippen LogP contribution in [-0.2, 0) is 17.6 Å². The summed E-state index contributed by atoms with van der Waals surface area (Å²) < 4.78 is 0. The van der Waals surface area contributed by atoms with Crippen molar-refractivity contribution in [3.63, 3.8) is 0 Å². The summed E-state index contributed by atoms with van der Waals surface area (Å²) >= 11 is 0. The lowest BCUT2D eigenvalue weighted by molar-refractivity contribution is -0.122. The van der Waals surface area contributed by atoms with Crippen molar-refractivity contribution in [2.24, 2.45) is 0 Å². The van der Waals surface area contributed by atoms with E-state index in [2.05, 4.69) is 46.7 Å². The van der Waals surface area contributed by atoms with E-state index < -0.39 is 0 Å². The first kappa shape index (κ1) is 15.0. The van der Waals surface area contributed by atoms with Crippen molar-refractivity contribution >= 4 is 16.8 Å². The van der Waals surface area contributed by atoms with E-state index >= 15 is 0 Å². The maximum absolute atomic E-state index is 12.6. The van der Waals surface area contributed by atoms with E-state index in [4.69, 9.17) is 0 Å². The quantitative estimate of drug-likeness (QED) is 0.752. The van der Waals surface area contributed by atoms with Gasteiger partial charge >= 0.3 is 0 Å². The number of H-pyrrole nitrogens is 1. The lowest BCUT2D eigenvalue weighted by Gasteiger charge is -2.24. The van der Waals surface area contributed by atoms with Crippen LogP contribution in [0.5, 0.6) is 0 Å². The van der Waals surface area contributed by atoms with Gasteiger partial charge in [0.25, 0.3) is 0 Å². The third-order valence-electron chi connectivity index (χ3n) is 5.05. The second kappa shape index (κ2) is 6.52. The van der Waals surface area contributed by atoms with Gasteiger partial charge in [-0.25, -0.2) is 0 Å². The number of para-hydroxylation sites is 1. The Morgan fingerprint density at radius 2 is 1.96 bits per heavy atom. The first-order chi connectivity index (χ1) is 11.8. The number of hydrogen-bond acceptors (Lipinski definition) is 1. The lowest BCUT2D eigenvalue weighted by atomic mass is 9.82. The number of benzene rings is 2. The highest BCUT2D eigenvalue weighted by molar-refractivity contribution is 5.85. The van der Waals surface area contributed by atoms with Gasteiger partial charge in [-0.05, 0) is 48.4 Å². The molecule has 4 rings (SSSR count). The van der Waals surface area contributed by atoms with Crippen LogP contribution < -0.4 is 5.32 Å². The van der Waals surface area contributed by atoms with Crippen LogP contribution in [0.25, 0.3) is 10.9 Å². The molecule has 0 radical (unpaired) electrons. The molecule has 3 heteroatoms. The molecular formula is C21H22N2O. The van der Waals surface area contributed by atoms with Crippen LogP contribution >= 0.6 is 0 Å². The molecule has 1 amide bonds. The fourth-order valence-corrected chi connectivity index (χ4v) is 3.81. The number of amides is 1. The molecule has 0 fully saturated rings. The number of aromatic nitrogens is 1. The maximum atomic E-state index is 12.6. The summed E-state index contributed by atoms with van der Waals surface area (Å²) in [5, 5.41) is 4.39. The van der Waals surface area contributed by atoms with Crippen molar-refractivity contribution < 1.29 is 4.79 Å². The standard InChI is InChI=1S/C21H22N2O/c24-21(19-10-5-7-15-6-1-2-8-17(15)19)22-13-12-16-14-23-20-11-4-3-9-18(16)20/h1-4,6,8-9,11,14,19,23H,5,7,10,12-13H2,(H,22,24)/t19-/m1/s1. The monoisotopic (exact) mass is 318 g/mol. The van der Waals surface area contributed by atoms with Crippen molar-refractivity contribution in [1.82, 2.24) is 10.3 Å². The minimum Gasteiger partial charge on any atom is -0.361 e. The summed E-state index contributed by atoms with van der Waals surface area (Å²) in [6.45, 7) is 0.680. The Bertz CT molecular complexity index is 865. The van der Waals surface area contributed by atoms with Gasteiger partial charge in [0, 0.05) is 23.6 Å². The summed E-state index contributed by atoms with van der Waals surface area (Å²) in [5.41, 5.74) is 4.96. The molecule has 3 aromatic rings. The molecule has 0 unspecified atom stereocenters. The van der Waals surface area contributed by atoms with Gasteiger partial charge in [0.2, 0.25) is 5.91 Å². The molecule has 1 atom stereocenters.